The fraction of sp³-hybridized carbons (Fsp3) is 0.500. The van der Waals surface area contributed by atoms with Crippen LogP contribution in [0.25, 0.3) is 0 Å². The number of rotatable bonds is 7. The van der Waals surface area contributed by atoms with Gasteiger partial charge in [0.15, 0.2) is 0 Å². The Labute approximate surface area is 150 Å². The van der Waals surface area contributed by atoms with Gasteiger partial charge in [0, 0.05) is 12.5 Å². The van der Waals surface area contributed by atoms with E-state index in [9.17, 15) is 4.79 Å². The monoisotopic (exact) mass is 343 g/mol. The lowest BCUT2D eigenvalue weighted by molar-refractivity contribution is -0.117. The summed E-state index contributed by atoms with van der Waals surface area (Å²) in [7, 11) is 1.67. The molecule has 0 aliphatic heterocycles. The molecule has 2 aromatic rings. The van der Waals surface area contributed by atoms with E-state index in [0.29, 0.717) is 6.42 Å². The smallest absolute Gasteiger partial charge is 0.224 e. The highest BCUT2D eigenvalue weighted by atomic mass is 16.5. The Morgan fingerprint density at radius 3 is 2.52 bits per heavy atom. The molecular formula is C20H29N3O2. The number of carbonyl (C=O) groups excluding carboxylic acids is 1. The number of aryl methyl sites for hydroxylation is 1. The molecule has 1 N–H and O–H groups in total. The van der Waals surface area contributed by atoms with Gasteiger partial charge in [-0.25, -0.2) is 0 Å². The predicted octanol–water partition coefficient (Wildman–Crippen LogP) is 4.30. The summed E-state index contributed by atoms with van der Waals surface area (Å²) in [6.45, 7) is 10.2. The molecule has 0 saturated heterocycles. The number of hydrogen-bond donors (Lipinski definition) is 1. The largest absolute Gasteiger partial charge is 0.496 e. The summed E-state index contributed by atoms with van der Waals surface area (Å²) in [6, 6.07) is 8.23. The highest BCUT2D eigenvalue weighted by Crippen LogP contribution is 2.25. The van der Waals surface area contributed by atoms with Crippen molar-refractivity contribution in [3.8, 4) is 5.75 Å². The van der Waals surface area contributed by atoms with Gasteiger partial charge in [0.25, 0.3) is 0 Å². The molecule has 0 aliphatic rings. The van der Waals surface area contributed by atoms with Crippen molar-refractivity contribution in [3.63, 3.8) is 0 Å². The fourth-order valence-electron chi connectivity index (χ4n) is 3.17. The maximum Gasteiger partial charge on any atom is 0.224 e. The molecule has 136 valence electrons. The summed E-state index contributed by atoms with van der Waals surface area (Å²) in [6.07, 6.45) is 1.27. The molecule has 2 rings (SSSR count). The van der Waals surface area contributed by atoms with Crippen LogP contribution < -0.4 is 10.1 Å². The summed E-state index contributed by atoms with van der Waals surface area (Å²) < 4.78 is 7.34. The molecule has 1 aromatic heterocycles. The molecule has 0 spiro atoms. The highest BCUT2D eigenvalue weighted by molar-refractivity contribution is 5.92. The van der Waals surface area contributed by atoms with Crippen LogP contribution >= 0.6 is 0 Å². The minimum absolute atomic E-state index is 0.0249. The number of nitrogens with zero attached hydrogens (tertiary/aromatic N) is 2. The van der Waals surface area contributed by atoms with Crippen molar-refractivity contribution in [1.29, 1.82) is 0 Å². The Morgan fingerprint density at radius 2 is 1.92 bits per heavy atom. The first-order valence-corrected chi connectivity index (χ1v) is 8.80. The molecular weight excluding hydrogens is 314 g/mol. The van der Waals surface area contributed by atoms with Gasteiger partial charge in [0.05, 0.1) is 24.2 Å². The molecule has 0 fully saturated rings. The van der Waals surface area contributed by atoms with Gasteiger partial charge in [-0.1, -0.05) is 25.1 Å². The first-order valence-electron chi connectivity index (χ1n) is 8.80. The van der Waals surface area contributed by atoms with Gasteiger partial charge in [0.1, 0.15) is 5.75 Å². The van der Waals surface area contributed by atoms with E-state index in [4.69, 9.17) is 4.74 Å². The van der Waals surface area contributed by atoms with E-state index in [1.54, 1.807) is 7.11 Å². The van der Waals surface area contributed by atoms with Crippen LogP contribution in [0.1, 0.15) is 50.2 Å². The number of benzene rings is 1. The average Bonchev–Trinajstić information content (AvgIpc) is 2.83. The lowest BCUT2D eigenvalue weighted by Gasteiger charge is -2.14. The van der Waals surface area contributed by atoms with E-state index >= 15 is 0 Å². The molecule has 1 unspecified atom stereocenters. The zero-order chi connectivity index (χ0) is 18.6. The van der Waals surface area contributed by atoms with Crippen molar-refractivity contribution in [1.82, 2.24) is 9.78 Å². The molecule has 0 aliphatic carbocycles. The quantitative estimate of drug-likeness (QED) is 0.815. The van der Waals surface area contributed by atoms with Crippen molar-refractivity contribution in [2.45, 2.75) is 53.5 Å². The molecule has 1 amide bonds. The first kappa shape index (κ1) is 19.0. The summed E-state index contributed by atoms with van der Waals surface area (Å²) in [4.78, 5) is 12.5. The number of carbonyl (C=O) groups is 1. The Morgan fingerprint density at radius 1 is 1.24 bits per heavy atom. The highest BCUT2D eigenvalue weighted by Gasteiger charge is 2.17. The molecule has 0 radical (unpaired) electrons. The van der Waals surface area contributed by atoms with E-state index in [0.717, 1.165) is 34.8 Å². The second-order valence-electron chi connectivity index (χ2n) is 6.96. The minimum Gasteiger partial charge on any atom is -0.496 e. The molecule has 1 atom stereocenters. The third-order valence-corrected chi connectivity index (χ3v) is 4.37. The minimum atomic E-state index is 0.0249. The van der Waals surface area contributed by atoms with Crippen LogP contribution in [0.5, 0.6) is 5.75 Å². The first-order chi connectivity index (χ1) is 11.8. The van der Waals surface area contributed by atoms with Crippen LogP contribution in [-0.2, 0) is 11.2 Å². The van der Waals surface area contributed by atoms with Crippen molar-refractivity contribution in [2.24, 2.45) is 5.92 Å². The Balaban J connectivity index is 2.01. The van der Waals surface area contributed by atoms with Crippen LogP contribution in [0.4, 0.5) is 5.69 Å². The lowest BCUT2D eigenvalue weighted by atomic mass is 9.97. The third-order valence-electron chi connectivity index (χ3n) is 4.37. The van der Waals surface area contributed by atoms with E-state index in [1.165, 1.54) is 0 Å². The molecule has 0 bridgehead atoms. The van der Waals surface area contributed by atoms with Crippen molar-refractivity contribution >= 4 is 11.6 Å². The Kier molecular flexibility index (Phi) is 6.23. The molecule has 1 aromatic carbocycles. The molecule has 5 nitrogen and oxygen atoms in total. The van der Waals surface area contributed by atoms with Gasteiger partial charge in [0.2, 0.25) is 5.91 Å². The van der Waals surface area contributed by atoms with Crippen molar-refractivity contribution in [3.05, 3.63) is 41.2 Å². The van der Waals surface area contributed by atoms with E-state index < -0.39 is 0 Å². The van der Waals surface area contributed by atoms with Crippen LogP contribution in [0.2, 0.25) is 0 Å². The lowest BCUT2D eigenvalue weighted by Crippen LogP contribution is -2.17. The summed E-state index contributed by atoms with van der Waals surface area (Å²) in [5.74, 6) is 1.12. The maximum atomic E-state index is 12.5. The summed E-state index contributed by atoms with van der Waals surface area (Å²) in [5, 5.41) is 7.56. The van der Waals surface area contributed by atoms with Crippen molar-refractivity contribution in [2.75, 3.05) is 12.4 Å². The number of nitrogens with one attached hydrogen (secondary N) is 1. The number of methoxy groups -OCH3 is 1. The zero-order valence-corrected chi connectivity index (χ0v) is 16.1. The molecule has 25 heavy (non-hydrogen) atoms. The average molecular weight is 343 g/mol. The molecule has 0 saturated carbocycles. The topological polar surface area (TPSA) is 56.1 Å². The van der Waals surface area contributed by atoms with Gasteiger partial charge < -0.3 is 10.1 Å². The maximum absolute atomic E-state index is 12.5. The predicted molar refractivity (Wildman–Crippen MR) is 101 cm³/mol. The van der Waals surface area contributed by atoms with Crippen LogP contribution in [0.3, 0.4) is 0 Å². The van der Waals surface area contributed by atoms with E-state index in [1.807, 2.05) is 42.8 Å². The van der Waals surface area contributed by atoms with Gasteiger partial charge in [-0.05, 0) is 51.7 Å². The fourth-order valence-corrected chi connectivity index (χ4v) is 3.17. The Hall–Kier alpha value is -2.30. The van der Waals surface area contributed by atoms with Gasteiger partial charge in [-0.15, -0.1) is 0 Å². The number of aromatic nitrogens is 2. The third kappa shape index (κ3) is 4.62. The van der Waals surface area contributed by atoms with Crippen LogP contribution in [0, 0.1) is 19.8 Å². The standard InChI is InChI=1S/C20H29N3O2/c1-13(2)23-16(5)20(15(4)22-23)21-19(24)12-14(3)11-17-9-7-8-10-18(17)25-6/h7-10,13-14H,11-12H2,1-6H3,(H,21,24). The number of ether oxygens (including phenoxy) is 1. The molecule has 1 heterocycles. The summed E-state index contributed by atoms with van der Waals surface area (Å²) in [5.41, 5.74) is 3.82. The normalized spacial score (nSPS) is 12.3. The second-order valence-corrected chi connectivity index (χ2v) is 6.96. The van der Waals surface area contributed by atoms with Gasteiger partial charge >= 0.3 is 0 Å². The Bertz CT molecular complexity index is 735. The summed E-state index contributed by atoms with van der Waals surface area (Å²) >= 11 is 0. The number of anilines is 1. The molecule has 5 heteroatoms. The van der Waals surface area contributed by atoms with Crippen LogP contribution in [0.15, 0.2) is 24.3 Å². The van der Waals surface area contributed by atoms with Gasteiger partial charge in [-0.3, -0.25) is 9.48 Å². The zero-order valence-electron chi connectivity index (χ0n) is 16.1. The number of para-hydroxylation sites is 1. The number of amides is 1. The van der Waals surface area contributed by atoms with E-state index in [-0.39, 0.29) is 17.9 Å². The SMILES string of the molecule is COc1ccccc1CC(C)CC(=O)Nc1c(C)nn(C(C)C)c1C. The van der Waals surface area contributed by atoms with Crippen molar-refractivity contribution < 1.29 is 9.53 Å². The van der Waals surface area contributed by atoms with E-state index in [2.05, 4.69) is 31.2 Å². The van der Waals surface area contributed by atoms with Gasteiger partial charge in [-0.2, -0.15) is 5.10 Å². The van der Waals surface area contributed by atoms with Crippen LogP contribution in [-0.4, -0.2) is 22.8 Å². The second kappa shape index (κ2) is 8.19. The number of hydrogen-bond acceptors (Lipinski definition) is 3.